The Kier molecular flexibility index (Phi) is 4.02. The first-order valence-corrected chi connectivity index (χ1v) is 7.43. The third kappa shape index (κ3) is 3.07. The van der Waals surface area contributed by atoms with Gasteiger partial charge in [0.15, 0.2) is 0 Å². The second-order valence-corrected chi connectivity index (χ2v) is 5.65. The molecule has 1 N–H and O–H groups in total. The summed E-state index contributed by atoms with van der Waals surface area (Å²) in [6, 6.07) is 14.5. The Morgan fingerprint density at radius 1 is 1.18 bits per heavy atom. The summed E-state index contributed by atoms with van der Waals surface area (Å²) in [4.78, 5) is 28.2. The van der Waals surface area contributed by atoms with Gasteiger partial charge in [-0.15, -0.1) is 0 Å². The van der Waals surface area contributed by atoms with Crippen molar-refractivity contribution in [3.8, 4) is 0 Å². The van der Waals surface area contributed by atoms with E-state index in [1.807, 2.05) is 24.3 Å². The predicted molar refractivity (Wildman–Crippen MR) is 88.8 cm³/mol. The van der Waals surface area contributed by atoms with Gasteiger partial charge in [-0.1, -0.05) is 34.1 Å². The van der Waals surface area contributed by atoms with Gasteiger partial charge in [0.1, 0.15) is 6.54 Å². The quantitative estimate of drug-likeness (QED) is 0.783. The molecule has 0 aliphatic rings. The van der Waals surface area contributed by atoms with E-state index in [-0.39, 0.29) is 18.0 Å². The summed E-state index contributed by atoms with van der Waals surface area (Å²) in [6.07, 6.45) is 1.23. The molecule has 1 aromatic heterocycles. The zero-order valence-electron chi connectivity index (χ0n) is 11.5. The van der Waals surface area contributed by atoms with Crippen LogP contribution in [0.15, 0.2) is 64.0 Å². The number of fused-ring (bicyclic) bond motifs is 1. The number of aromatic nitrogens is 2. The Labute approximate surface area is 134 Å². The van der Waals surface area contributed by atoms with Crippen molar-refractivity contribution in [3.05, 3.63) is 69.6 Å². The lowest BCUT2D eigenvalue weighted by Gasteiger charge is -2.10. The molecule has 3 aromatic rings. The van der Waals surface area contributed by atoms with Crippen LogP contribution in [0.2, 0.25) is 0 Å². The topological polar surface area (TPSA) is 64.0 Å². The van der Waals surface area contributed by atoms with Gasteiger partial charge in [0, 0.05) is 10.2 Å². The Morgan fingerprint density at radius 3 is 2.82 bits per heavy atom. The zero-order chi connectivity index (χ0) is 15.5. The van der Waals surface area contributed by atoms with Crippen molar-refractivity contribution in [3.63, 3.8) is 0 Å². The van der Waals surface area contributed by atoms with Crippen LogP contribution in [0.1, 0.15) is 0 Å². The van der Waals surface area contributed by atoms with Crippen molar-refractivity contribution in [2.75, 3.05) is 5.32 Å². The van der Waals surface area contributed by atoms with E-state index < -0.39 is 0 Å². The number of anilines is 1. The van der Waals surface area contributed by atoms with E-state index in [1.165, 1.54) is 10.8 Å². The Balaban J connectivity index is 1.88. The first-order valence-electron chi connectivity index (χ1n) is 6.63. The van der Waals surface area contributed by atoms with Crippen molar-refractivity contribution in [2.45, 2.75) is 6.54 Å². The Morgan fingerprint density at radius 2 is 2.00 bits per heavy atom. The number of amides is 1. The monoisotopic (exact) mass is 357 g/mol. The smallest absolute Gasteiger partial charge is 0.269 e. The van der Waals surface area contributed by atoms with Gasteiger partial charge in [-0.3, -0.25) is 14.2 Å². The van der Waals surface area contributed by atoms with Crippen molar-refractivity contribution in [1.29, 1.82) is 0 Å². The Hall–Kier alpha value is -2.47. The molecule has 0 unspecified atom stereocenters. The predicted octanol–water partition coefficient (Wildman–Crippen LogP) is 2.80. The van der Waals surface area contributed by atoms with Crippen LogP contribution in [-0.4, -0.2) is 15.5 Å². The number of hydrogen-bond donors (Lipinski definition) is 1. The minimum absolute atomic E-state index is 0.0611. The molecule has 6 heteroatoms. The molecule has 2 aromatic carbocycles. The second kappa shape index (κ2) is 6.11. The number of halogens is 1. The van der Waals surface area contributed by atoms with E-state index in [2.05, 4.69) is 26.2 Å². The highest BCUT2D eigenvalue weighted by Gasteiger charge is 2.09. The van der Waals surface area contributed by atoms with Gasteiger partial charge in [0.2, 0.25) is 5.91 Å². The van der Waals surface area contributed by atoms with Gasteiger partial charge in [-0.25, -0.2) is 4.98 Å². The van der Waals surface area contributed by atoms with E-state index in [1.54, 1.807) is 24.3 Å². The van der Waals surface area contributed by atoms with E-state index in [9.17, 15) is 9.59 Å². The minimum atomic E-state index is -0.303. The maximum atomic E-state index is 12.2. The van der Waals surface area contributed by atoms with Crippen LogP contribution in [0.5, 0.6) is 0 Å². The molecule has 1 amide bonds. The van der Waals surface area contributed by atoms with Crippen LogP contribution >= 0.6 is 15.9 Å². The molecule has 0 spiro atoms. The molecule has 0 aliphatic carbocycles. The first-order chi connectivity index (χ1) is 10.6. The Bertz CT molecular complexity index is 905. The first kappa shape index (κ1) is 14.5. The summed E-state index contributed by atoms with van der Waals surface area (Å²) in [7, 11) is 0. The molecule has 110 valence electrons. The maximum Gasteiger partial charge on any atom is 0.269 e. The van der Waals surface area contributed by atoms with Crippen LogP contribution in [-0.2, 0) is 11.3 Å². The number of carbonyl (C=O) groups is 1. The van der Waals surface area contributed by atoms with Gasteiger partial charge in [0.05, 0.1) is 17.2 Å². The minimum Gasteiger partial charge on any atom is -0.324 e. The number of hydrogen-bond acceptors (Lipinski definition) is 3. The normalized spacial score (nSPS) is 10.6. The molecule has 0 radical (unpaired) electrons. The van der Waals surface area contributed by atoms with Gasteiger partial charge < -0.3 is 5.32 Å². The van der Waals surface area contributed by atoms with E-state index >= 15 is 0 Å². The summed E-state index contributed by atoms with van der Waals surface area (Å²) >= 11 is 3.35. The molecule has 0 aliphatic heterocycles. The molecule has 22 heavy (non-hydrogen) atoms. The molecule has 0 atom stereocenters. The third-order valence-corrected chi connectivity index (χ3v) is 3.66. The van der Waals surface area contributed by atoms with Crippen molar-refractivity contribution < 1.29 is 4.79 Å². The van der Waals surface area contributed by atoms with Crippen LogP contribution in [0.4, 0.5) is 5.69 Å². The molecule has 5 nitrogen and oxygen atoms in total. The largest absolute Gasteiger partial charge is 0.324 e. The van der Waals surface area contributed by atoms with Crippen LogP contribution in [0.25, 0.3) is 11.0 Å². The molecule has 0 fully saturated rings. The van der Waals surface area contributed by atoms with Gasteiger partial charge in [0.25, 0.3) is 5.56 Å². The SMILES string of the molecule is O=C(Cn1c(=O)cnc2ccccc21)Nc1cccc(Br)c1. The van der Waals surface area contributed by atoms with Gasteiger partial charge >= 0.3 is 0 Å². The number of rotatable bonds is 3. The summed E-state index contributed by atoms with van der Waals surface area (Å²) < 4.78 is 2.28. The van der Waals surface area contributed by atoms with E-state index in [0.29, 0.717) is 16.7 Å². The average molecular weight is 358 g/mol. The summed E-state index contributed by atoms with van der Waals surface area (Å²) in [6.45, 7) is -0.0611. The van der Waals surface area contributed by atoms with E-state index in [0.717, 1.165) is 4.47 Å². The number of benzene rings is 2. The van der Waals surface area contributed by atoms with E-state index in [4.69, 9.17) is 0 Å². The highest BCUT2D eigenvalue weighted by Crippen LogP contribution is 2.15. The lowest BCUT2D eigenvalue weighted by molar-refractivity contribution is -0.116. The van der Waals surface area contributed by atoms with Crippen LogP contribution < -0.4 is 10.9 Å². The third-order valence-electron chi connectivity index (χ3n) is 3.16. The standard InChI is InChI=1S/C16H12BrN3O2/c17-11-4-3-5-12(8-11)19-15(21)10-20-14-7-2-1-6-13(14)18-9-16(20)22/h1-9H,10H2,(H,19,21). The van der Waals surface area contributed by atoms with Crippen molar-refractivity contribution in [2.24, 2.45) is 0 Å². The number of nitrogens with zero attached hydrogens (tertiary/aromatic N) is 2. The fourth-order valence-corrected chi connectivity index (χ4v) is 2.59. The highest BCUT2D eigenvalue weighted by molar-refractivity contribution is 9.10. The zero-order valence-corrected chi connectivity index (χ0v) is 13.1. The molecule has 0 saturated carbocycles. The summed E-state index contributed by atoms with van der Waals surface area (Å²) in [5.74, 6) is -0.267. The summed E-state index contributed by atoms with van der Waals surface area (Å²) in [5.41, 5.74) is 1.69. The van der Waals surface area contributed by atoms with Crippen LogP contribution in [0.3, 0.4) is 0 Å². The maximum absolute atomic E-state index is 12.2. The van der Waals surface area contributed by atoms with Crippen molar-refractivity contribution in [1.82, 2.24) is 9.55 Å². The average Bonchev–Trinajstić information content (AvgIpc) is 2.50. The number of para-hydroxylation sites is 2. The molecule has 0 bridgehead atoms. The van der Waals surface area contributed by atoms with Gasteiger partial charge in [-0.2, -0.15) is 0 Å². The highest BCUT2D eigenvalue weighted by atomic mass is 79.9. The molecular formula is C16H12BrN3O2. The molecule has 1 heterocycles. The lowest BCUT2D eigenvalue weighted by atomic mass is 10.3. The summed E-state index contributed by atoms with van der Waals surface area (Å²) in [5, 5.41) is 2.77. The van der Waals surface area contributed by atoms with Crippen LogP contribution in [0, 0.1) is 0 Å². The van der Waals surface area contributed by atoms with Crippen molar-refractivity contribution >= 4 is 38.6 Å². The second-order valence-electron chi connectivity index (χ2n) is 4.73. The fourth-order valence-electron chi connectivity index (χ4n) is 2.19. The molecule has 3 rings (SSSR count). The molecular weight excluding hydrogens is 346 g/mol. The van der Waals surface area contributed by atoms with Gasteiger partial charge in [-0.05, 0) is 30.3 Å². The number of carbonyl (C=O) groups excluding carboxylic acids is 1. The lowest BCUT2D eigenvalue weighted by Crippen LogP contribution is -2.27. The molecule has 0 saturated heterocycles. The fraction of sp³-hybridized carbons (Fsp3) is 0.0625. The number of nitrogens with one attached hydrogen (secondary N) is 1.